The molecule has 2 rings (SSSR count). The molecule has 0 aliphatic carbocycles. The van der Waals surface area contributed by atoms with Crippen LogP contribution in [0.2, 0.25) is 0 Å². The second-order valence-corrected chi connectivity index (χ2v) is 8.38. The molecular formula is C14H23NO5S. The fourth-order valence-corrected chi connectivity index (χ4v) is 5.14. The van der Waals surface area contributed by atoms with Gasteiger partial charge in [0.1, 0.15) is 5.25 Å². The SMILES string of the molecule is O=C(O)CCC1CCCN(C(=O)C2CCCCS2(=O)=O)C1. The molecule has 0 aromatic heterocycles. The number of piperidine rings is 1. The van der Waals surface area contributed by atoms with Crippen LogP contribution in [-0.4, -0.2) is 54.4 Å². The zero-order valence-corrected chi connectivity index (χ0v) is 13.0. The summed E-state index contributed by atoms with van der Waals surface area (Å²) in [7, 11) is -3.30. The Bertz CT molecular complexity index is 501. The molecule has 6 nitrogen and oxygen atoms in total. The standard InChI is InChI=1S/C14H23NO5S/c16-13(17)7-6-11-4-3-8-15(10-11)14(18)12-5-1-2-9-21(12,19)20/h11-12H,1-10H2,(H,16,17). The number of hydrogen-bond donors (Lipinski definition) is 1. The monoisotopic (exact) mass is 317 g/mol. The first-order valence-corrected chi connectivity index (χ1v) is 9.34. The molecule has 2 atom stereocenters. The fraction of sp³-hybridized carbons (Fsp3) is 0.857. The summed E-state index contributed by atoms with van der Waals surface area (Å²) in [5.41, 5.74) is 0. The van der Waals surface area contributed by atoms with Crippen LogP contribution < -0.4 is 0 Å². The second kappa shape index (κ2) is 6.77. The second-order valence-electron chi connectivity index (χ2n) is 6.08. The molecule has 2 heterocycles. The van der Waals surface area contributed by atoms with Gasteiger partial charge in [0.15, 0.2) is 9.84 Å². The maximum absolute atomic E-state index is 12.5. The molecule has 2 aliphatic heterocycles. The number of sulfone groups is 1. The summed E-state index contributed by atoms with van der Waals surface area (Å²) in [6.45, 7) is 1.09. The number of rotatable bonds is 4. The molecule has 2 fully saturated rings. The first kappa shape index (κ1) is 16.3. The molecule has 120 valence electrons. The van der Waals surface area contributed by atoms with Crippen molar-refractivity contribution in [1.82, 2.24) is 4.90 Å². The summed E-state index contributed by atoms with van der Waals surface area (Å²) >= 11 is 0. The number of amides is 1. The topological polar surface area (TPSA) is 91.8 Å². The van der Waals surface area contributed by atoms with Crippen LogP contribution in [0.3, 0.4) is 0 Å². The largest absolute Gasteiger partial charge is 0.481 e. The van der Waals surface area contributed by atoms with E-state index in [0.29, 0.717) is 32.4 Å². The number of carboxylic acids is 1. The number of hydrogen-bond acceptors (Lipinski definition) is 4. The minimum atomic E-state index is -3.30. The third-order valence-corrected chi connectivity index (χ3v) is 6.61. The lowest BCUT2D eigenvalue weighted by Crippen LogP contribution is -2.49. The van der Waals surface area contributed by atoms with Crippen molar-refractivity contribution in [3.05, 3.63) is 0 Å². The molecule has 0 aromatic rings. The third kappa shape index (κ3) is 4.18. The van der Waals surface area contributed by atoms with Gasteiger partial charge in [0.2, 0.25) is 5.91 Å². The number of likely N-dealkylation sites (tertiary alicyclic amines) is 1. The molecule has 21 heavy (non-hydrogen) atoms. The van der Waals surface area contributed by atoms with Gasteiger partial charge in [0.05, 0.1) is 5.75 Å². The van der Waals surface area contributed by atoms with E-state index >= 15 is 0 Å². The quantitative estimate of drug-likeness (QED) is 0.837. The molecule has 2 unspecified atom stereocenters. The molecule has 0 bridgehead atoms. The zero-order valence-electron chi connectivity index (χ0n) is 12.2. The van der Waals surface area contributed by atoms with Crippen molar-refractivity contribution in [2.24, 2.45) is 5.92 Å². The van der Waals surface area contributed by atoms with Crippen molar-refractivity contribution in [1.29, 1.82) is 0 Å². The summed E-state index contributed by atoms with van der Waals surface area (Å²) in [4.78, 5) is 24.8. The van der Waals surface area contributed by atoms with Crippen LogP contribution >= 0.6 is 0 Å². The molecule has 1 N–H and O–H groups in total. The first-order valence-electron chi connectivity index (χ1n) is 7.62. The van der Waals surface area contributed by atoms with Gasteiger partial charge in [-0.25, -0.2) is 8.42 Å². The summed E-state index contributed by atoms with van der Waals surface area (Å²) in [6.07, 6.45) is 4.25. The number of carbonyl (C=O) groups is 2. The van der Waals surface area contributed by atoms with Crippen LogP contribution in [0.1, 0.15) is 44.9 Å². The Kier molecular flexibility index (Phi) is 5.24. The highest BCUT2D eigenvalue weighted by molar-refractivity contribution is 7.92. The zero-order chi connectivity index (χ0) is 15.5. The highest BCUT2D eigenvalue weighted by Gasteiger charge is 2.38. The van der Waals surface area contributed by atoms with E-state index < -0.39 is 21.1 Å². The lowest BCUT2D eigenvalue weighted by molar-refractivity contribution is -0.137. The van der Waals surface area contributed by atoms with Crippen molar-refractivity contribution in [3.63, 3.8) is 0 Å². The van der Waals surface area contributed by atoms with E-state index in [1.165, 1.54) is 0 Å². The molecule has 7 heteroatoms. The maximum Gasteiger partial charge on any atom is 0.303 e. The summed E-state index contributed by atoms with van der Waals surface area (Å²) in [5.74, 6) is -0.812. The van der Waals surface area contributed by atoms with Gasteiger partial charge in [-0.2, -0.15) is 0 Å². The average Bonchev–Trinajstić information content (AvgIpc) is 2.44. The van der Waals surface area contributed by atoms with Crippen LogP contribution in [-0.2, 0) is 19.4 Å². The molecule has 1 amide bonds. The van der Waals surface area contributed by atoms with Gasteiger partial charge < -0.3 is 10.0 Å². The number of carboxylic acid groups (broad SMARTS) is 1. The van der Waals surface area contributed by atoms with Gasteiger partial charge in [0.25, 0.3) is 0 Å². The predicted molar refractivity (Wildman–Crippen MR) is 77.6 cm³/mol. The van der Waals surface area contributed by atoms with Gasteiger partial charge in [-0.3, -0.25) is 9.59 Å². The van der Waals surface area contributed by atoms with Crippen LogP contribution in [0.15, 0.2) is 0 Å². The van der Waals surface area contributed by atoms with E-state index in [1.807, 2.05) is 0 Å². The molecular weight excluding hydrogens is 294 g/mol. The lowest BCUT2D eigenvalue weighted by atomic mass is 9.93. The fourth-order valence-electron chi connectivity index (χ4n) is 3.26. The van der Waals surface area contributed by atoms with Crippen molar-refractivity contribution >= 4 is 21.7 Å². The first-order chi connectivity index (χ1) is 9.90. The van der Waals surface area contributed by atoms with Gasteiger partial charge in [-0.1, -0.05) is 6.42 Å². The Hall–Kier alpha value is -1.11. The molecule has 2 aliphatic rings. The molecule has 0 spiro atoms. The van der Waals surface area contributed by atoms with E-state index in [9.17, 15) is 18.0 Å². The van der Waals surface area contributed by atoms with Crippen molar-refractivity contribution < 1.29 is 23.1 Å². The normalized spacial score (nSPS) is 29.0. The maximum atomic E-state index is 12.5. The van der Waals surface area contributed by atoms with Crippen LogP contribution in [0, 0.1) is 5.92 Å². The summed E-state index contributed by atoms with van der Waals surface area (Å²) in [5, 5.41) is 7.86. The van der Waals surface area contributed by atoms with Gasteiger partial charge in [-0.15, -0.1) is 0 Å². The van der Waals surface area contributed by atoms with Gasteiger partial charge in [0, 0.05) is 19.5 Å². The van der Waals surface area contributed by atoms with Crippen molar-refractivity contribution in [2.75, 3.05) is 18.8 Å². The Labute approximate surface area is 125 Å². The Morgan fingerprint density at radius 3 is 2.57 bits per heavy atom. The summed E-state index contributed by atoms with van der Waals surface area (Å²) in [6, 6.07) is 0. The lowest BCUT2D eigenvalue weighted by Gasteiger charge is -2.35. The van der Waals surface area contributed by atoms with Crippen molar-refractivity contribution in [2.45, 2.75) is 50.2 Å². The van der Waals surface area contributed by atoms with Crippen LogP contribution in [0.4, 0.5) is 0 Å². The molecule has 0 radical (unpaired) electrons. The Morgan fingerprint density at radius 2 is 1.90 bits per heavy atom. The average molecular weight is 317 g/mol. The minimum Gasteiger partial charge on any atom is -0.481 e. The molecule has 0 saturated carbocycles. The van der Waals surface area contributed by atoms with E-state index in [4.69, 9.17) is 5.11 Å². The Morgan fingerprint density at radius 1 is 1.14 bits per heavy atom. The molecule has 2 saturated heterocycles. The van der Waals surface area contributed by atoms with Crippen LogP contribution in [0.25, 0.3) is 0 Å². The van der Waals surface area contributed by atoms with Gasteiger partial charge in [-0.05, 0) is 38.0 Å². The smallest absolute Gasteiger partial charge is 0.303 e. The van der Waals surface area contributed by atoms with Crippen LogP contribution in [0.5, 0.6) is 0 Å². The number of aliphatic carboxylic acids is 1. The predicted octanol–water partition coefficient (Wildman–Crippen LogP) is 1.06. The third-order valence-electron chi connectivity index (χ3n) is 4.45. The number of nitrogens with zero attached hydrogens (tertiary/aromatic N) is 1. The van der Waals surface area contributed by atoms with Gasteiger partial charge >= 0.3 is 5.97 Å². The number of carbonyl (C=O) groups excluding carboxylic acids is 1. The van der Waals surface area contributed by atoms with Crippen molar-refractivity contribution in [3.8, 4) is 0 Å². The van der Waals surface area contributed by atoms with E-state index in [1.54, 1.807) is 4.90 Å². The molecule has 0 aromatic carbocycles. The van der Waals surface area contributed by atoms with E-state index in [0.717, 1.165) is 19.3 Å². The van der Waals surface area contributed by atoms with E-state index in [2.05, 4.69) is 0 Å². The highest BCUT2D eigenvalue weighted by atomic mass is 32.2. The summed E-state index contributed by atoms with van der Waals surface area (Å²) < 4.78 is 24.1. The Balaban J connectivity index is 1.97. The van der Waals surface area contributed by atoms with E-state index in [-0.39, 0.29) is 24.0 Å². The minimum absolute atomic E-state index is 0.106. The highest BCUT2D eigenvalue weighted by Crippen LogP contribution is 2.26.